The van der Waals surface area contributed by atoms with Gasteiger partial charge in [0, 0.05) is 6.08 Å². The van der Waals surface area contributed by atoms with E-state index in [1.165, 1.54) is 22.8 Å². The van der Waals surface area contributed by atoms with Gasteiger partial charge in [-0.2, -0.15) is 0 Å². The van der Waals surface area contributed by atoms with Crippen molar-refractivity contribution in [2.75, 3.05) is 20.3 Å². The molecule has 0 atom stereocenters. The quantitative estimate of drug-likeness (QED) is 0.192. The van der Waals surface area contributed by atoms with Crippen LogP contribution in [-0.2, 0) is 9.53 Å². The van der Waals surface area contributed by atoms with Gasteiger partial charge in [0.1, 0.15) is 6.61 Å². The molecule has 0 fully saturated rings. The van der Waals surface area contributed by atoms with E-state index in [0.717, 1.165) is 31.2 Å². The van der Waals surface area contributed by atoms with Crippen LogP contribution in [0.25, 0.3) is 6.08 Å². The van der Waals surface area contributed by atoms with Gasteiger partial charge in [0.15, 0.2) is 11.5 Å². The molecule has 31 heavy (non-hydrogen) atoms. The van der Waals surface area contributed by atoms with E-state index in [1.54, 1.807) is 20.1 Å². The molecular weight excluding hydrogens is 388 g/mol. The number of carbonyl (C=O) groups is 1. The molecule has 0 aliphatic carbocycles. The zero-order chi connectivity index (χ0) is 23.1. The van der Waals surface area contributed by atoms with Gasteiger partial charge < -0.3 is 14.2 Å². The van der Waals surface area contributed by atoms with Crippen molar-refractivity contribution in [2.45, 2.75) is 60.3 Å². The van der Waals surface area contributed by atoms with Crippen LogP contribution in [0, 0.1) is 0 Å². The first-order valence-corrected chi connectivity index (χ1v) is 11.0. The minimum atomic E-state index is -0.361. The highest BCUT2D eigenvalue weighted by atomic mass is 16.5. The average Bonchev–Trinajstić information content (AvgIpc) is 2.72. The molecule has 1 rings (SSSR count). The van der Waals surface area contributed by atoms with Crippen LogP contribution in [0.2, 0.25) is 0 Å². The third-order valence-electron chi connectivity index (χ3n) is 4.68. The van der Waals surface area contributed by atoms with Gasteiger partial charge in [0.2, 0.25) is 0 Å². The highest BCUT2D eigenvalue weighted by Gasteiger charge is 2.05. The minimum absolute atomic E-state index is 0.360. The predicted octanol–water partition coefficient (Wildman–Crippen LogP) is 7.07. The van der Waals surface area contributed by atoms with Crippen LogP contribution in [0.3, 0.4) is 0 Å². The van der Waals surface area contributed by atoms with E-state index in [9.17, 15) is 4.79 Å². The van der Waals surface area contributed by atoms with Gasteiger partial charge in [0.25, 0.3) is 0 Å². The summed E-state index contributed by atoms with van der Waals surface area (Å²) < 4.78 is 16.2. The average molecular weight is 427 g/mol. The summed E-state index contributed by atoms with van der Waals surface area (Å²) in [5.41, 5.74) is 4.98. The van der Waals surface area contributed by atoms with E-state index in [4.69, 9.17) is 14.2 Å². The first-order valence-electron chi connectivity index (χ1n) is 11.0. The highest BCUT2D eigenvalue weighted by Crippen LogP contribution is 2.28. The van der Waals surface area contributed by atoms with Gasteiger partial charge in [-0.05, 0) is 90.2 Å². The van der Waals surface area contributed by atoms with Crippen molar-refractivity contribution in [3.05, 3.63) is 64.8 Å². The lowest BCUT2D eigenvalue weighted by molar-refractivity contribution is -0.137. The number of benzene rings is 1. The maximum atomic E-state index is 11.4. The van der Waals surface area contributed by atoms with Gasteiger partial charge in [0.05, 0.1) is 13.7 Å². The first kappa shape index (κ1) is 26.3. The predicted molar refractivity (Wildman–Crippen MR) is 130 cm³/mol. The lowest BCUT2D eigenvalue weighted by atomic mass is 10.1. The number of esters is 1. The molecule has 0 aliphatic rings. The normalized spacial score (nSPS) is 12.1. The molecule has 0 aliphatic heterocycles. The van der Waals surface area contributed by atoms with E-state index >= 15 is 0 Å². The molecule has 0 heterocycles. The Morgan fingerprint density at radius 2 is 1.61 bits per heavy atom. The summed E-state index contributed by atoms with van der Waals surface area (Å²) in [6.45, 7) is 11.3. The van der Waals surface area contributed by atoms with Crippen LogP contribution in [0.1, 0.15) is 65.9 Å². The van der Waals surface area contributed by atoms with Crippen LogP contribution >= 0.6 is 0 Å². The molecule has 1 aromatic rings. The summed E-state index contributed by atoms with van der Waals surface area (Å²) >= 11 is 0. The highest BCUT2D eigenvalue weighted by molar-refractivity contribution is 5.87. The first-order chi connectivity index (χ1) is 14.8. The number of allylic oxidation sites excluding steroid dienone is 5. The van der Waals surface area contributed by atoms with Gasteiger partial charge in [-0.1, -0.05) is 34.9 Å². The maximum absolute atomic E-state index is 11.4. The van der Waals surface area contributed by atoms with E-state index in [0.29, 0.717) is 24.7 Å². The van der Waals surface area contributed by atoms with Gasteiger partial charge in [-0.15, -0.1) is 0 Å². The lowest BCUT2D eigenvalue weighted by Gasteiger charge is -2.10. The number of carbonyl (C=O) groups excluding carboxylic acids is 1. The van der Waals surface area contributed by atoms with Gasteiger partial charge in [-0.25, -0.2) is 4.79 Å². The molecule has 0 amide bonds. The second-order valence-corrected chi connectivity index (χ2v) is 7.77. The van der Waals surface area contributed by atoms with E-state index in [-0.39, 0.29) is 5.97 Å². The largest absolute Gasteiger partial charge is 0.493 e. The molecule has 0 saturated carbocycles. The molecule has 0 radical (unpaired) electrons. The molecule has 0 saturated heterocycles. The lowest BCUT2D eigenvalue weighted by Crippen LogP contribution is -1.99. The van der Waals surface area contributed by atoms with Crippen LogP contribution in [-0.4, -0.2) is 26.3 Å². The third kappa shape index (κ3) is 11.9. The zero-order valence-electron chi connectivity index (χ0n) is 20.0. The van der Waals surface area contributed by atoms with E-state index in [2.05, 4.69) is 45.9 Å². The fourth-order valence-corrected chi connectivity index (χ4v) is 2.87. The Kier molecular flexibility index (Phi) is 12.8. The Hall–Kier alpha value is -2.75. The fraction of sp³-hybridized carbons (Fsp3) is 0.444. The van der Waals surface area contributed by atoms with Crippen LogP contribution in [0.15, 0.2) is 59.2 Å². The molecule has 4 heteroatoms. The van der Waals surface area contributed by atoms with Crippen molar-refractivity contribution in [1.82, 2.24) is 0 Å². The smallest absolute Gasteiger partial charge is 0.330 e. The number of rotatable bonds is 13. The van der Waals surface area contributed by atoms with Gasteiger partial charge in [-0.3, -0.25) is 0 Å². The Bertz CT molecular complexity index is 809. The molecule has 1 aromatic carbocycles. The van der Waals surface area contributed by atoms with Crippen LogP contribution < -0.4 is 9.47 Å². The van der Waals surface area contributed by atoms with Crippen molar-refractivity contribution < 1.29 is 19.0 Å². The zero-order valence-corrected chi connectivity index (χ0v) is 20.0. The second kappa shape index (κ2) is 15.1. The van der Waals surface area contributed by atoms with E-state index in [1.807, 2.05) is 18.2 Å². The van der Waals surface area contributed by atoms with Crippen molar-refractivity contribution in [2.24, 2.45) is 0 Å². The van der Waals surface area contributed by atoms with Crippen molar-refractivity contribution in [3.8, 4) is 11.5 Å². The van der Waals surface area contributed by atoms with Gasteiger partial charge >= 0.3 is 5.97 Å². The molecule has 0 bridgehead atoms. The Labute approximate surface area is 188 Å². The summed E-state index contributed by atoms with van der Waals surface area (Å²) in [6, 6.07) is 5.57. The topological polar surface area (TPSA) is 44.8 Å². The summed E-state index contributed by atoms with van der Waals surface area (Å²) in [4.78, 5) is 11.4. The SMILES string of the molecule is CCOC(=O)/C=C/c1ccc(OC/C=C(\C)CC/C=C(\C)CCC=C(C)C)c(OC)c1. The Balaban J connectivity index is 2.53. The number of hydrogen-bond acceptors (Lipinski definition) is 4. The molecule has 0 N–H and O–H groups in total. The minimum Gasteiger partial charge on any atom is -0.493 e. The summed E-state index contributed by atoms with van der Waals surface area (Å²) in [5.74, 6) is 0.946. The molecule has 4 nitrogen and oxygen atoms in total. The molecule has 0 aromatic heterocycles. The third-order valence-corrected chi connectivity index (χ3v) is 4.68. The van der Waals surface area contributed by atoms with Crippen LogP contribution in [0.5, 0.6) is 11.5 Å². The summed E-state index contributed by atoms with van der Waals surface area (Å²) in [7, 11) is 1.61. The number of hydrogen-bond donors (Lipinski definition) is 0. The summed E-state index contributed by atoms with van der Waals surface area (Å²) in [6.07, 6.45) is 14.2. The monoisotopic (exact) mass is 426 g/mol. The van der Waals surface area contributed by atoms with Crippen molar-refractivity contribution >= 4 is 12.0 Å². The molecule has 170 valence electrons. The molecule has 0 unspecified atom stereocenters. The Morgan fingerprint density at radius 3 is 2.26 bits per heavy atom. The van der Waals surface area contributed by atoms with Crippen molar-refractivity contribution in [1.29, 1.82) is 0 Å². The van der Waals surface area contributed by atoms with E-state index < -0.39 is 0 Å². The molecular formula is C27H38O4. The summed E-state index contributed by atoms with van der Waals surface area (Å²) in [5, 5.41) is 0. The van der Waals surface area contributed by atoms with Crippen molar-refractivity contribution in [3.63, 3.8) is 0 Å². The number of ether oxygens (including phenoxy) is 3. The number of methoxy groups -OCH3 is 1. The Morgan fingerprint density at radius 1 is 0.935 bits per heavy atom. The second-order valence-electron chi connectivity index (χ2n) is 7.77. The fourth-order valence-electron chi connectivity index (χ4n) is 2.87. The standard InChI is InChI=1S/C27H38O4/c1-7-30-27(28)17-15-24-14-16-25(26(20-24)29-6)31-19-18-23(5)13-9-12-22(4)11-8-10-21(2)3/h10,12,14-18,20H,7-9,11,13,19H2,1-6H3/b17-15+,22-12+,23-18+. The molecule has 0 spiro atoms. The maximum Gasteiger partial charge on any atom is 0.330 e. The van der Waals surface area contributed by atoms with Crippen LogP contribution in [0.4, 0.5) is 0 Å².